The number of hydrogen-bond acceptors (Lipinski definition) is 7. The molecule has 1 unspecified atom stereocenters. The van der Waals surface area contributed by atoms with E-state index < -0.39 is 24.0 Å². The number of anilines is 1. The molecular weight excluding hydrogens is 420 g/mol. The Bertz CT molecular complexity index is 1100. The van der Waals surface area contributed by atoms with Crippen LogP contribution in [-0.4, -0.2) is 48.2 Å². The number of nitrogens with zero attached hydrogens (tertiary/aromatic N) is 4. The summed E-state index contributed by atoms with van der Waals surface area (Å²) in [6, 6.07) is 7.43. The predicted molar refractivity (Wildman–Crippen MR) is 104 cm³/mol. The van der Waals surface area contributed by atoms with Gasteiger partial charge in [0.05, 0.1) is 25.5 Å². The average Bonchev–Trinajstić information content (AvgIpc) is 3.00. The normalized spacial score (nSPS) is 12.7. The fraction of sp³-hybridized carbons (Fsp3) is 0.250. The predicted octanol–water partition coefficient (Wildman–Crippen LogP) is -0.0150. The van der Waals surface area contributed by atoms with Crippen LogP contribution in [0.2, 0.25) is 0 Å². The van der Waals surface area contributed by atoms with Gasteiger partial charge in [0.15, 0.2) is 11.2 Å². The third-order valence-corrected chi connectivity index (χ3v) is 4.39. The Morgan fingerprint density at radius 1 is 1.37 bits per heavy atom. The van der Waals surface area contributed by atoms with E-state index in [9.17, 15) is 14.7 Å². The van der Waals surface area contributed by atoms with Crippen molar-refractivity contribution >= 4 is 39.3 Å². The van der Waals surface area contributed by atoms with Crippen LogP contribution in [0.4, 0.5) is 5.95 Å². The fourth-order valence-corrected chi connectivity index (χ4v) is 2.74. The second-order valence-electron chi connectivity index (χ2n) is 5.79. The second kappa shape index (κ2) is 7.86. The maximum Gasteiger partial charge on any atom is 0.329 e. The fourth-order valence-electron chi connectivity index (χ4n) is 2.48. The number of aromatic nitrogens is 4. The average molecular weight is 437 g/mol. The molecule has 3 aromatic rings. The van der Waals surface area contributed by atoms with Crippen molar-refractivity contribution in [2.45, 2.75) is 12.6 Å². The molecule has 2 heterocycles. The molecule has 0 bridgehead atoms. The number of aliphatic hydroxyl groups excluding tert-OH is 2. The quantitative estimate of drug-likeness (QED) is 0.316. The number of aryl methyl sites for hydroxylation is 1. The number of H-pyrrole nitrogens is 1. The number of hydrazone groups is 1. The molecule has 0 saturated heterocycles. The van der Waals surface area contributed by atoms with Gasteiger partial charge in [-0.3, -0.25) is 14.3 Å². The molecule has 10 nitrogen and oxygen atoms in total. The molecule has 4 N–H and O–H groups in total. The van der Waals surface area contributed by atoms with Crippen LogP contribution in [0.15, 0.2) is 43.4 Å². The van der Waals surface area contributed by atoms with Gasteiger partial charge in [0, 0.05) is 11.5 Å². The van der Waals surface area contributed by atoms with Crippen molar-refractivity contribution in [3.63, 3.8) is 0 Å². The van der Waals surface area contributed by atoms with Gasteiger partial charge in [-0.2, -0.15) is 10.1 Å². The summed E-state index contributed by atoms with van der Waals surface area (Å²) in [7, 11) is 1.47. The van der Waals surface area contributed by atoms with E-state index in [0.717, 1.165) is 10.0 Å². The summed E-state index contributed by atoms with van der Waals surface area (Å²) in [6.45, 7) is -0.602. The summed E-state index contributed by atoms with van der Waals surface area (Å²) < 4.78 is 3.49. The first-order valence-corrected chi connectivity index (χ1v) is 8.73. The van der Waals surface area contributed by atoms with E-state index in [1.807, 2.05) is 24.3 Å². The highest BCUT2D eigenvalue weighted by atomic mass is 79.9. The summed E-state index contributed by atoms with van der Waals surface area (Å²) in [4.78, 5) is 30.5. The molecule has 11 heteroatoms. The van der Waals surface area contributed by atoms with Crippen LogP contribution in [-0.2, 0) is 13.6 Å². The van der Waals surface area contributed by atoms with Crippen LogP contribution in [0.5, 0.6) is 0 Å². The smallest absolute Gasteiger partial charge is 0.329 e. The lowest BCUT2D eigenvalue weighted by atomic mass is 10.2. The zero-order chi connectivity index (χ0) is 19.6. The van der Waals surface area contributed by atoms with Gasteiger partial charge >= 0.3 is 5.69 Å². The van der Waals surface area contributed by atoms with Gasteiger partial charge in [-0.25, -0.2) is 10.2 Å². The van der Waals surface area contributed by atoms with E-state index in [-0.39, 0.29) is 23.7 Å². The zero-order valence-corrected chi connectivity index (χ0v) is 15.8. The summed E-state index contributed by atoms with van der Waals surface area (Å²) in [5.41, 5.74) is 2.52. The first-order chi connectivity index (χ1) is 12.9. The largest absolute Gasteiger partial charge is 0.394 e. The number of aromatic amines is 1. The summed E-state index contributed by atoms with van der Waals surface area (Å²) >= 11 is 3.35. The maximum atomic E-state index is 12.2. The molecule has 142 valence electrons. The van der Waals surface area contributed by atoms with Crippen molar-refractivity contribution in [3.8, 4) is 0 Å². The van der Waals surface area contributed by atoms with Crippen molar-refractivity contribution in [2.75, 3.05) is 12.0 Å². The molecule has 1 aromatic carbocycles. The van der Waals surface area contributed by atoms with Crippen LogP contribution in [0.3, 0.4) is 0 Å². The van der Waals surface area contributed by atoms with Crippen LogP contribution in [0.25, 0.3) is 11.2 Å². The third kappa shape index (κ3) is 3.99. The molecule has 0 fully saturated rings. The number of benzene rings is 1. The first-order valence-electron chi connectivity index (χ1n) is 7.94. The Labute approximate surface area is 160 Å². The first kappa shape index (κ1) is 19.0. The number of rotatable bonds is 6. The SMILES string of the molecule is Cn1c(=O)[nH]c(=O)c2c1nc(N/N=C/c1ccc(Br)cc1)n2CC(O)CO. The molecule has 0 saturated carbocycles. The number of hydrogen-bond donors (Lipinski definition) is 4. The van der Waals surface area contributed by atoms with Gasteiger partial charge in [0.25, 0.3) is 5.56 Å². The van der Waals surface area contributed by atoms with Crippen molar-refractivity contribution in [3.05, 3.63) is 55.1 Å². The van der Waals surface area contributed by atoms with E-state index >= 15 is 0 Å². The monoisotopic (exact) mass is 436 g/mol. The van der Waals surface area contributed by atoms with E-state index in [1.54, 1.807) is 6.21 Å². The van der Waals surface area contributed by atoms with Gasteiger partial charge in [0.2, 0.25) is 5.95 Å². The molecule has 0 aliphatic rings. The lowest BCUT2D eigenvalue weighted by Crippen LogP contribution is -2.30. The number of aliphatic hydroxyl groups is 2. The Hall–Kier alpha value is -2.76. The molecule has 1 atom stereocenters. The lowest BCUT2D eigenvalue weighted by molar-refractivity contribution is 0.0825. The minimum absolute atomic E-state index is 0.0888. The van der Waals surface area contributed by atoms with E-state index in [1.165, 1.54) is 16.2 Å². The highest BCUT2D eigenvalue weighted by Gasteiger charge is 2.19. The van der Waals surface area contributed by atoms with Crippen molar-refractivity contribution < 1.29 is 10.2 Å². The third-order valence-electron chi connectivity index (χ3n) is 3.86. The Balaban J connectivity index is 2.02. The van der Waals surface area contributed by atoms with E-state index in [4.69, 9.17) is 5.11 Å². The minimum Gasteiger partial charge on any atom is -0.394 e. The molecular formula is C16H17BrN6O4. The standard InChI is InChI=1S/C16H17BrN6O4/c1-22-13-12(14(26)20-16(22)27)23(7-11(25)8-24)15(19-13)21-18-6-9-2-4-10(17)5-3-9/h2-6,11,24-25H,7-8H2,1H3,(H,19,21)(H,20,26,27)/b18-6+. The molecule has 0 radical (unpaired) electrons. The maximum absolute atomic E-state index is 12.2. The molecule has 2 aromatic heterocycles. The highest BCUT2D eigenvalue weighted by molar-refractivity contribution is 9.10. The topological polar surface area (TPSA) is 138 Å². The summed E-state index contributed by atoms with van der Waals surface area (Å²) in [5, 5.41) is 23.0. The van der Waals surface area contributed by atoms with Crippen molar-refractivity contribution in [1.29, 1.82) is 0 Å². The van der Waals surface area contributed by atoms with Crippen molar-refractivity contribution in [1.82, 2.24) is 19.1 Å². The van der Waals surface area contributed by atoms with Gasteiger partial charge in [-0.1, -0.05) is 28.1 Å². The van der Waals surface area contributed by atoms with Crippen LogP contribution in [0.1, 0.15) is 5.56 Å². The van der Waals surface area contributed by atoms with E-state index in [0.29, 0.717) is 0 Å². The van der Waals surface area contributed by atoms with E-state index in [2.05, 4.69) is 36.4 Å². The Morgan fingerprint density at radius 3 is 2.74 bits per heavy atom. The second-order valence-corrected chi connectivity index (χ2v) is 6.71. The number of imidazole rings is 1. The molecule has 0 spiro atoms. The Morgan fingerprint density at radius 2 is 2.07 bits per heavy atom. The Kier molecular flexibility index (Phi) is 5.54. The molecule has 0 amide bonds. The molecule has 0 aliphatic heterocycles. The lowest BCUT2D eigenvalue weighted by Gasteiger charge is -2.11. The summed E-state index contributed by atoms with van der Waals surface area (Å²) in [5.74, 6) is 0.151. The molecule has 27 heavy (non-hydrogen) atoms. The van der Waals surface area contributed by atoms with Crippen LogP contribution >= 0.6 is 15.9 Å². The van der Waals surface area contributed by atoms with Gasteiger partial charge in [-0.15, -0.1) is 0 Å². The summed E-state index contributed by atoms with van der Waals surface area (Å²) in [6.07, 6.45) is 0.442. The van der Waals surface area contributed by atoms with Crippen molar-refractivity contribution in [2.24, 2.45) is 12.1 Å². The zero-order valence-electron chi connectivity index (χ0n) is 14.3. The number of halogens is 1. The molecule has 3 rings (SSSR count). The minimum atomic E-state index is -1.12. The van der Waals surface area contributed by atoms with Crippen LogP contribution in [0, 0.1) is 0 Å². The molecule has 0 aliphatic carbocycles. The van der Waals surface area contributed by atoms with Gasteiger partial charge in [-0.05, 0) is 17.7 Å². The van der Waals surface area contributed by atoms with Crippen LogP contribution < -0.4 is 16.7 Å². The highest BCUT2D eigenvalue weighted by Crippen LogP contribution is 2.16. The number of fused-ring (bicyclic) bond motifs is 1. The van der Waals surface area contributed by atoms with Gasteiger partial charge in [0.1, 0.15) is 0 Å². The van der Waals surface area contributed by atoms with Gasteiger partial charge < -0.3 is 14.8 Å². The number of nitrogens with one attached hydrogen (secondary N) is 2.